The zero-order chi connectivity index (χ0) is 6.53. The minimum Gasteiger partial charge on any atom is -0.405 e. The zero-order valence-electron chi connectivity index (χ0n) is 4.99. The van der Waals surface area contributed by atoms with Crippen LogP contribution in [0.3, 0.4) is 0 Å². The van der Waals surface area contributed by atoms with Crippen molar-refractivity contribution in [1.82, 2.24) is 4.98 Å². The van der Waals surface area contributed by atoms with E-state index in [1.165, 1.54) is 6.20 Å². The molecule has 0 spiro atoms. The molecule has 0 amide bonds. The Labute approximate surface area is 54.0 Å². The largest absolute Gasteiger partial charge is 0.405 e. The predicted molar refractivity (Wildman–Crippen MR) is 37.5 cm³/mol. The molecule has 0 bridgehead atoms. The molecule has 0 aromatic carbocycles. The third-order valence-corrected chi connectivity index (χ3v) is 0.973. The van der Waals surface area contributed by atoms with Gasteiger partial charge in [0.15, 0.2) is 0 Å². The summed E-state index contributed by atoms with van der Waals surface area (Å²) in [6, 6.07) is 3.81. The van der Waals surface area contributed by atoms with Gasteiger partial charge in [0.05, 0.1) is 0 Å². The lowest BCUT2D eigenvalue weighted by Crippen LogP contribution is -1.77. The van der Waals surface area contributed by atoms with E-state index in [4.69, 9.17) is 5.73 Å². The molecule has 2 N–H and O–H groups in total. The number of aromatic nitrogens is 1. The van der Waals surface area contributed by atoms with E-state index in [9.17, 15) is 0 Å². The average molecular weight is 120 g/mol. The van der Waals surface area contributed by atoms with Crippen molar-refractivity contribution in [2.45, 2.75) is 0 Å². The van der Waals surface area contributed by atoms with Gasteiger partial charge < -0.3 is 5.73 Å². The molecule has 0 saturated carbocycles. The van der Waals surface area contributed by atoms with Crippen LogP contribution in [0.5, 0.6) is 0 Å². The maximum atomic E-state index is 5.15. The summed E-state index contributed by atoms with van der Waals surface area (Å²) in [6.07, 6.45) is 6.78. The number of nitrogens with zero attached hydrogens (tertiary/aromatic N) is 1. The topological polar surface area (TPSA) is 38.9 Å². The van der Waals surface area contributed by atoms with E-state index >= 15 is 0 Å². The number of rotatable bonds is 1. The van der Waals surface area contributed by atoms with Gasteiger partial charge in [0.1, 0.15) is 0 Å². The van der Waals surface area contributed by atoms with E-state index in [0.29, 0.717) is 0 Å². The second-order valence-electron chi connectivity index (χ2n) is 1.65. The van der Waals surface area contributed by atoms with Gasteiger partial charge in [-0.2, -0.15) is 0 Å². The number of nitrogens with two attached hydrogens (primary N) is 1. The highest BCUT2D eigenvalue weighted by Crippen LogP contribution is 1.95. The van der Waals surface area contributed by atoms with Crippen LogP contribution in [-0.4, -0.2) is 4.98 Å². The molecule has 1 aromatic heterocycles. The van der Waals surface area contributed by atoms with Crippen LogP contribution >= 0.6 is 0 Å². The molecule has 2 nitrogen and oxygen atoms in total. The summed E-state index contributed by atoms with van der Waals surface area (Å²) in [5.41, 5.74) is 6.18. The van der Waals surface area contributed by atoms with Crippen LogP contribution < -0.4 is 5.73 Å². The van der Waals surface area contributed by atoms with Crippen LogP contribution in [0.1, 0.15) is 5.56 Å². The minimum atomic E-state index is 1.03. The van der Waals surface area contributed by atoms with Gasteiger partial charge in [-0.1, -0.05) is 6.07 Å². The highest BCUT2D eigenvalue weighted by molar-refractivity contribution is 5.46. The molecule has 1 heterocycles. The van der Waals surface area contributed by atoms with Crippen molar-refractivity contribution < 1.29 is 0 Å². The Balaban J connectivity index is 2.85. The van der Waals surface area contributed by atoms with Gasteiger partial charge >= 0.3 is 0 Å². The second-order valence-corrected chi connectivity index (χ2v) is 1.65. The lowest BCUT2D eigenvalue weighted by molar-refractivity contribution is 1.32. The van der Waals surface area contributed by atoms with E-state index in [0.717, 1.165) is 5.56 Å². The van der Waals surface area contributed by atoms with Gasteiger partial charge in [0.2, 0.25) is 0 Å². The summed E-state index contributed by atoms with van der Waals surface area (Å²) in [6.45, 7) is 0. The van der Waals surface area contributed by atoms with E-state index in [2.05, 4.69) is 4.98 Å². The first-order valence-corrected chi connectivity index (χ1v) is 2.72. The molecule has 46 valence electrons. The Morgan fingerprint density at radius 3 is 3.00 bits per heavy atom. The first-order valence-electron chi connectivity index (χ1n) is 2.72. The van der Waals surface area contributed by atoms with E-state index in [1.807, 2.05) is 12.1 Å². The van der Waals surface area contributed by atoms with Crippen LogP contribution in [0.2, 0.25) is 0 Å². The Morgan fingerprint density at radius 2 is 2.44 bits per heavy atom. The Kier molecular flexibility index (Phi) is 1.85. The molecule has 1 aromatic rings. The molecule has 9 heavy (non-hydrogen) atoms. The molecule has 0 radical (unpaired) electrons. The van der Waals surface area contributed by atoms with Gasteiger partial charge in [-0.15, -0.1) is 0 Å². The van der Waals surface area contributed by atoms with E-state index < -0.39 is 0 Å². The predicted octanol–water partition coefficient (Wildman–Crippen LogP) is 1.01. The fraction of sp³-hybridized carbons (Fsp3) is 0. The van der Waals surface area contributed by atoms with Crippen LogP contribution in [0.4, 0.5) is 0 Å². The van der Waals surface area contributed by atoms with Gasteiger partial charge in [0.25, 0.3) is 0 Å². The SMILES string of the molecule is N/C=C/c1cccnc1. The molecule has 1 rings (SSSR count). The van der Waals surface area contributed by atoms with Gasteiger partial charge in [-0.05, 0) is 23.9 Å². The number of hydrogen-bond donors (Lipinski definition) is 1. The monoisotopic (exact) mass is 120 g/mol. The Bertz CT molecular complexity index is 191. The smallest absolute Gasteiger partial charge is 0.0340 e. The van der Waals surface area contributed by atoms with Crippen molar-refractivity contribution in [2.75, 3.05) is 0 Å². The second kappa shape index (κ2) is 2.87. The van der Waals surface area contributed by atoms with E-state index in [-0.39, 0.29) is 0 Å². The Morgan fingerprint density at radius 1 is 1.56 bits per heavy atom. The van der Waals surface area contributed by atoms with Crippen LogP contribution in [-0.2, 0) is 0 Å². The molecule has 0 aliphatic heterocycles. The standard InChI is InChI=1S/C7H8N2/c8-4-3-7-2-1-5-9-6-7/h1-6H,8H2/b4-3+. The maximum absolute atomic E-state index is 5.15. The van der Waals surface area contributed by atoms with Crippen LogP contribution in [0.25, 0.3) is 6.08 Å². The quantitative estimate of drug-likeness (QED) is 0.600. The molecular formula is C7H8N2. The molecule has 0 saturated heterocycles. The Hall–Kier alpha value is -1.31. The average Bonchev–Trinajstić information content (AvgIpc) is 1.91. The normalized spacial score (nSPS) is 10.2. The van der Waals surface area contributed by atoms with Gasteiger partial charge in [-0.25, -0.2) is 0 Å². The first kappa shape index (κ1) is 5.82. The van der Waals surface area contributed by atoms with Gasteiger partial charge in [-0.3, -0.25) is 4.98 Å². The van der Waals surface area contributed by atoms with Crippen molar-refractivity contribution >= 4 is 6.08 Å². The molecule has 0 aliphatic rings. The number of hydrogen-bond acceptors (Lipinski definition) is 2. The summed E-state index contributed by atoms with van der Waals surface area (Å²) < 4.78 is 0. The molecule has 0 atom stereocenters. The molecule has 0 aliphatic carbocycles. The zero-order valence-corrected chi connectivity index (χ0v) is 4.99. The lowest BCUT2D eigenvalue weighted by Gasteiger charge is -1.86. The van der Waals surface area contributed by atoms with Crippen LogP contribution in [0.15, 0.2) is 30.7 Å². The highest BCUT2D eigenvalue weighted by Gasteiger charge is 1.79. The first-order chi connectivity index (χ1) is 4.43. The maximum Gasteiger partial charge on any atom is 0.0340 e. The minimum absolute atomic E-state index is 1.03. The third-order valence-electron chi connectivity index (χ3n) is 0.973. The molecule has 0 unspecified atom stereocenters. The van der Waals surface area contributed by atoms with Crippen molar-refractivity contribution in [3.63, 3.8) is 0 Å². The third kappa shape index (κ3) is 1.57. The summed E-state index contributed by atoms with van der Waals surface area (Å²) in [5, 5.41) is 0. The molecule has 0 fully saturated rings. The summed E-state index contributed by atoms with van der Waals surface area (Å²) in [4.78, 5) is 3.90. The van der Waals surface area contributed by atoms with Crippen molar-refractivity contribution in [3.05, 3.63) is 36.3 Å². The van der Waals surface area contributed by atoms with Crippen LogP contribution in [0, 0.1) is 0 Å². The summed E-state index contributed by atoms with van der Waals surface area (Å²) in [7, 11) is 0. The summed E-state index contributed by atoms with van der Waals surface area (Å²) >= 11 is 0. The summed E-state index contributed by atoms with van der Waals surface area (Å²) in [5.74, 6) is 0. The lowest BCUT2D eigenvalue weighted by atomic mass is 10.3. The highest BCUT2D eigenvalue weighted by atomic mass is 14.6. The fourth-order valence-corrected chi connectivity index (χ4v) is 0.586. The van der Waals surface area contributed by atoms with Crippen molar-refractivity contribution in [2.24, 2.45) is 5.73 Å². The van der Waals surface area contributed by atoms with Crippen molar-refractivity contribution in [1.29, 1.82) is 0 Å². The van der Waals surface area contributed by atoms with Gasteiger partial charge in [0, 0.05) is 12.4 Å². The number of pyridine rings is 1. The molecule has 2 heteroatoms. The molecular weight excluding hydrogens is 112 g/mol. The van der Waals surface area contributed by atoms with Crippen molar-refractivity contribution in [3.8, 4) is 0 Å². The van der Waals surface area contributed by atoms with E-state index in [1.54, 1.807) is 18.5 Å². The fourth-order valence-electron chi connectivity index (χ4n) is 0.586.